The Hall–Kier alpha value is -1.47. The summed E-state index contributed by atoms with van der Waals surface area (Å²) in [6.45, 7) is 2.07. The van der Waals surface area contributed by atoms with Gasteiger partial charge in [-0.2, -0.15) is 0 Å². The van der Waals surface area contributed by atoms with E-state index in [9.17, 15) is 0 Å². The molecule has 76 valence electrons. The highest BCUT2D eigenvalue weighted by atomic mass is 35.5. The zero-order chi connectivity index (χ0) is 10.8. The van der Waals surface area contributed by atoms with Crippen molar-refractivity contribution in [3.8, 4) is 11.1 Å². The van der Waals surface area contributed by atoms with Gasteiger partial charge in [0, 0.05) is 11.3 Å². The quantitative estimate of drug-likeness (QED) is 0.721. The molecule has 2 rings (SSSR count). The molecule has 2 N–H and O–H groups in total. The van der Waals surface area contributed by atoms with Crippen molar-refractivity contribution in [1.29, 1.82) is 0 Å². The van der Waals surface area contributed by atoms with Crippen molar-refractivity contribution in [3.63, 3.8) is 0 Å². The lowest BCUT2D eigenvalue weighted by atomic mass is 10.0. The highest BCUT2D eigenvalue weighted by Crippen LogP contribution is 2.31. The minimum absolute atomic E-state index is 0.692. The largest absolute Gasteiger partial charge is 0.399 e. The predicted octanol–water partition coefficient (Wildman–Crippen LogP) is 3.90. The molecule has 0 aliphatic rings. The summed E-state index contributed by atoms with van der Waals surface area (Å²) in [6, 6.07) is 13.8. The Morgan fingerprint density at radius 3 is 2.40 bits per heavy atom. The summed E-state index contributed by atoms with van der Waals surface area (Å²) >= 11 is 6.16. The molecule has 0 aliphatic carbocycles. The molecule has 0 unspecified atom stereocenters. The molecule has 0 atom stereocenters. The smallest absolute Gasteiger partial charge is 0.0504 e. The molecule has 1 nitrogen and oxygen atoms in total. The van der Waals surface area contributed by atoms with Crippen molar-refractivity contribution in [2.75, 3.05) is 5.73 Å². The van der Waals surface area contributed by atoms with Gasteiger partial charge < -0.3 is 5.73 Å². The third-order valence-electron chi connectivity index (χ3n) is 2.43. The number of hydrogen-bond donors (Lipinski definition) is 1. The van der Waals surface area contributed by atoms with E-state index in [1.807, 2.05) is 24.3 Å². The van der Waals surface area contributed by atoms with E-state index in [1.165, 1.54) is 5.56 Å². The molecule has 0 radical (unpaired) electrons. The van der Waals surface area contributed by atoms with Crippen LogP contribution in [0.3, 0.4) is 0 Å². The van der Waals surface area contributed by atoms with Crippen molar-refractivity contribution in [1.82, 2.24) is 0 Å². The van der Waals surface area contributed by atoms with E-state index in [1.54, 1.807) is 6.07 Å². The van der Waals surface area contributed by atoms with Crippen LogP contribution in [0.2, 0.25) is 5.02 Å². The fourth-order valence-electron chi connectivity index (χ4n) is 1.62. The van der Waals surface area contributed by atoms with E-state index in [2.05, 4.69) is 19.1 Å². The van der Waals surface area contributed by atoms with Gasteiger partial charge in [-0.25, -0.2) is 0 Å². The maximum Gasteiger partial charge on any atom is 0.0504 e. The summed E-state index contributed by atoms with van der Waals surface area (Å²) < 4.78 is 0. The van der Waals surface area contributed by atoms with Gasteiger partial charge in [0.15, 0.2) is 0 Å². The number of nitrogens with two attached hydrogens (primary N) is 1. The molecular formula is C13H12ClN. The average Bonchev–Trinajstić information content (AvgIpc) is 2.20. The van der Waals surface area contributed by atoms with Gasteiger partial charge in [-0.1, -0.05) is 41.9 Å². The molecule has 0 aliphatic heterocycles. The van der Waals surface area contributed by atoms with Crippen LogP contribution in [0, 0.1) is 6.92 Å². The lowest BCUT2D eigenvalue weighted by Crippen LogP contribution is -1.87. The number of halogens is 1. The van der Waals surface area contributed by atoms with E-state index in [-0.39, 0.29) is 0 Å². The number of anilines is 1. The number of aryl methyl sites for hydroxylation is 1. The first-order valence-electron chi connectivity index (χ1n) is 4.79. The van der Waals surface area contributed by atoms with Gasteiger partial charge in [-0.3, -0.25) is 0 Å². The van der Waals surface area contributed by atoms with Crippen LogP contribution in [0.25, 0.3) is 11.1 Å². The summed E-state index contributed by atoms with van der Waals surface area (Å²) in [5.41, 5.74) is 9.75. The number of nitrogen functional groups attached to an aromatic ring is 1. The third-order valence-corrected chi connectivity index (χ3v) is 2.74. The van der Waals surface area contributed by atoms with Gasteiger partial charge in [0.2, 0.25) is 0 Å². The highest BCUT2D eigenvalue weighted by Gasteiger charge is 2.05. The fourth-order valence-corrected chi connectivity index (χ4v) is 1.92. The summed E-state index contributed by atoms with van der Waals surface area (Å²) in [6.07, 6.45) is 0. The van der Waals surface area contributed by atoms with E-state index in [0.717, 1.165) is 11.1 Å². The van der Waals surface area contributed by atoms with Gasteiger partial charge in [0.1, 0.15) is 0 Å². The Bertz CT molecular complexity index is 492. The molecule has 0 saturated carbocycles. The molecule has 0 spiro atoms. The topological polar surface area (TPSA) is 26.0 Å². The molecule has 2 aromatic rings. The second-order valence-corrected chi connectivity index (χ2v) is 3.96. The third kappa shape index (κ3) is 1.97. The summed E-state index contributed by atoms with van der Waals surface area (Å²) in [7, 11) is 0. The van der Waals surface area contributed by atoms with E-state index >= 15 is 0 Å². The molecule has 0 fully saturated rings. The molecule has 2 aromatic carbocycles. The van der Waals surface area contributed by atoms with Crippen molar-refractivity contribution < 1.29 is 0 Å². The maximum atomic E-state index is 6.16. The fraction of sp³-hybridized carbons (Fsp3) is 0.0769. The highest BCUT2D eigenvalue weighted by molar-refractivity contribution is 6.33. The Balaban J connectivity index is 2.60. The van der Waals surface area contributed by atoms with Crippen LogP contribution >= 0.6 is 11.6 Å². The van der Waals surface area contributed by atoms with Gasteiger partial charge in [0.05, 0.1) is 5.02 Å². The second kappa shape index (κ2) is 3.95. The van der Waals surface area contributed by atoms with Gasteiger partial charge >= 0.3 is 0 Å². The number of rotatable bonds is 1. The Morgan fingerprint density at radius 1 is 1.00 bits per heavy atom. The van der Waals surface area contributed by atoms with Crippen LogP contribution in [0.4, 0.5) is 5.69 Å². The molecule has 0 bridgehead atoms. The zero-order valence-corrected chi connectivity index (χ0v) is 9.25. The number of hydrogen-bond acceptors (Lipinski definition) is 1. The van der Waals surface area contributed by atoms with Crippen LogP contribution in [0.5, 0.6) is 0 Å². The van der Waals surface area contributed by atoms with Crippen LogP contribution in [0.1, 0.15) is 5.56 Å². The number of benzene rings is 2. The van der Waals surface area contributed by atoms with Crippen LogP contribution in [0.15, 0.2) is 42.5 Å². The van der Waals surface area contributed by atoms with Crippen LogP contribution in [-0.2, 0) is 0 Å². The van der Waals surface area contributed by atoms with Crippen LogP contribution in [-0.4, -0.2) is 0 Å². The summed E-state index contributed by atoms with van der Waals surface area (Å²) in [4.78, 5) is 0. The van der Waals surface area contributed by atoms with E-state index in [4.69, 9.17) is 17.3 Å². The van der Waals surface area contributed by atoms with Gasteiger partial charge in [0.25, 0.3) is 0 Å². The minimum Gasteiger partial charge on any atom is -0.399 e. The molecular weight excluding hydrogens is 206 g/mol. The summed E-state index contributed by atoms with van der Waals surface area (Å²) in [5.74, 6) is 0. The second-order valence-electron chi connectivity index (χ2n) is 3.55. The van der Waals surface area contributed by atoms with Crippen molar-refractivity contribution in [2.24, 2.45) is 0 Å². The molecule has 0 aromatic heterocycles. The normalized spacial score (nSPS) is 10.3. The standard InChI is InChI=1S/C13H12ClN/c1-9-4-2-3-5-11(9)12-7-6-10(15)8-13(12)14/h2-8H,15H2,1H3. The Labute approximate surface area is 94.5 Å². The monoisotopic (exact) mass is 217 g/mol. The molecule has 0 heterocycles. The van der Waals surface area contributed by atoms with Gasteiger partial charge in [-0.15, -0.1) is 0 Å². The Morgan fingerprint density at radius 2 is 1.73 bits per heavy atom. The zero-order valence-electron chi connectivity index (χ0n) is 8.50. The van der Waals surface area contributed by atoms with Crippen molar-refractivity contribution >= 4 is 17.3 Å². The Kier molecular flexibility index (Phi) is 2.65. The SMILES string of the molecule is Cc1ccccc1-c1ccc(N)cc1Cl. The average molecular weight is 218 g/mol. The van der Waals surface area contributed by atoms with Gasteiger partial charge in [-0.05, 0) is 30.2 Å². The molecule has 0 amide bonds. The predicted molar refractivity (Wildman–Crippen MR) is 66.0 cm³/mol. The van der Waals surface area contributed by atoms with Crippen molar-refractivity contribution in [2.45, 2.75) is 6.92 Å². The molecule has 0 saturated heterocycles. The summed E-state index contributed by atoms with van der Waals surface area (Å²) in [5, 5.41) is 0.698. The first kappa shape index (κ1) is 10.1. The first-order chi connectivity index (χ1) is 7.18. The first-order valence-corrected chi connectivity index (χ1v) is 5.17. The van der Waals surface area contributed by atoms with E-state index in [0.29, 0.717) is 10.7 Å². The van der Waals surface area contributed by atoms with Crippen molar-refractivity contribution in [3.05, 3.63) is 53.1 Å². The van der Waals surface area contributed by atoms with E-state index < -0.39 is 0 Å². The molecule has 2 heteroatoms. The minimum atomic E-state index is 0.692. The lowest BCUT2D eigenvalue weighted by molar-refractivity contribution is 1.46. The van der Waals surface area contributed by atoms with Crippen LogP contribution < -0.4 is 5.73 Å². The molecule has 15 heavy (non-hydrogen) atoms. The lowest BCUT2D eigenvalue weighted by Gasteiger charge is -2.08. The maximum absolute atomic E-state index is 6.16.